The number of rotatable bonds is 7. The van der Waals surface area contributed by atoms with Crippen molar-refractivity contribution in [2.75, 3.05) is 25.5 Å². The maximum atomic E-state index is 11.9. The molecule has 0 aliphatic heterocycles. The van der Waals surface area contributed by atoms with Gasteiger partial charge in [0, 0.05) is 18.8 Å². The molecule has 1 rings (SSSR count). The molecule has 0 spiro atoms. The molecule has 3 N–H and O–H groups in total. The molecule has 0 aliphatic rings. The van der Waals surface area contributed by atoms with Crippen molar-refractivity contribution < 1.29 is 9.53 Å². The van der Waals surface area contributed by atoms with E-state index in [1.165, 1.54) is 0 Å². The fourth-order valence-corrected chi connectivity index (χ4v) is 1.79. The molecular weight excluding hydrogens is 264 g/mol. The standard InChI is InChI=1S/C14H21ClN2O2/c1-10(2)6-8-19-9-7-17-14(18)13-11(15)4-3-5-12(13)16/h3-5,10H,6-9,16H2,1-2H3,(H,17,18). The first kappa shape index (κ1) is 15.8. The lowest BCUT2D eigenvalue weighted by atomic mass is 10.1. The highest BCUT2D eigenvalue weighted by atomic mass is 35.5. The van der Waals surface area contributed by atoms with Crippen LogP contribution >= 0.6 is 11.6 Å². The minimum absolute atomic E-state index is 0.268. The Hall–Kier alpha value is -1.26. The Bertz CT molecular complexity index is 402. The van der Waals surface area contributed by atoms with E-state index in [4.69, 9.17) is 22.1 Å². The Morgan fingerprint density at radius 3 is 2.79 bits per heavy atom. The van der Waals surface area contributed by atoms with Gasteiger partial charge in [0.05, 0.1) is 17.2 Å². The Balaban J connectivity index is 2.32. The van der Waals surface area contributed by atoms with Crippen molar-refractivity contribution in [3.63, 3.8) is 0 Å². The number of carbonyl (C=O) groups is 1. The van der Waals surface area contributed by atoms with Gasteiger partial charge in [0.25, 0.3) is 5.91 Å². The lowest BCUT2D eigenvalue weighted by Crippen LogP contribution is -2.28. The van der Waals surface area contributed by atoms with E-state index >= 15 is 0 Å². The Kier molecular flexibility index (Phi) is 6.67. The van der Waals surface area contributed by atoms with Crippen LogP contribution in [0.5, 0.6) is 0 Å². The normalized spacial score (nSPS) is 10.7. The first-order chi connectivity index (χ1) is 9.02. The zero-order valence-electron chi connectivity index (χ0n) is 11.4. The van der Waals surface area contributed by atoms with Crippen molar-refractivity contribution in [1.29, 1.82) is 0 Å². The van der Waals surface area contributed by atoms with Gasteiger partial charge in [-0.15, -0.1) is 0 Å². The number of hydrogen-bond acceptors (Lipinski definition) is 3. The maximum Gasteiger partial charge on any atom is 0.254 e. The van der Waals surface area contributed by atoms with Crippen LogP contribution in [0, 0.1) is 5.92 Å². The quantitative estimate of drug-likeness (QED) is 0.598. The van der Waals surface area contributed by atoms with Gasteiger partial charge in [-0.25, -0.2) is 0 Å². The van der Waals surface area contributed by atoms with Crippen LogP contribution in [-0.2, 0) is 4.74 Å². The predicted molar refractivity (Wildman–Crippen MR) is 78.5 cm³/mol. The predicted octanol–water partition coefficient (Wildman–Crippen LogP) is 2.71. The van der Waals surface area contributed by atoms with Crippen LogP contribution in [0.4, 0.5) is 5.69 Å². The van der Waals surface area contributed by atoms with Crippen molar-refractivity contribution in [3.8, 4) is 0 Å². The summed E-state index contributed by atoms with van der Waals surface area (Å²) in [5, 5.41) is 3.10. The molecule has 1 amide bonds. The van der Waals surface area contributed by atoms with Crippen LogP contribution in [-0.4, -0.2) is 25.7 Å². The molecule has 0 radical (unpaired) electrons. The molecule has 0 atom stereocenters. The summed E-state index contributed by atoms with van der Waals surface area (Å²) >= 11 is 5.95. The number of anilines is 1. The summed E-state index contributed by atoms with van der Waals surface area (Å²) in [6.45, 7) is 5.93. The molecule has 0 aromatic heterocycles. The SMILES string of the molecule is CC(C)CCOCCNC(=O)c1c(N)cccc1Cl. The average Bonchev–Trinajstić information content (AvgIpc) is 2.33. The fraction of sp³-hybridized carbons (Fsp3) is 0.500. The zero-order valence-corrected chi connectivity index (χ0v) is 12.2. The van der Waals surface area contributed by atoms with E-state index < -0.39 is 0 Å². The van der Waals surface area contributed by atoms with Gasteiger partial charge in [0.2, 0.25) is 0 Å². The lowest BCUT2D eigenvalue weighted by Gasteiger charge is -2.10. The molecule has 0 saturated carbocycles. The smallest absolute Gasteiger partial charge is 0.254 e. The minimum Gasteiger partial charge on any atom is -0.398 e. The Morgan fingerprint density at radius 2 is 2.16 bits per heavy atom. The molecule has 0 fully saturated rings. The largest absolute Gasteiger partial charge is 0.398 e. The van der Waals surface area contributed by atoms with Gasteiger partial charge in [-0.1, -0.05) is 31.5 Å². The molecule has 1 aromatic rings. The van der Waals surface area contributed by atoms with Gasteiger partial charge in [0.15, 0.2) is 0 Å². The third-order valence-corrected chi connectivity index (χ3v) is 2.96. The van der Waals surface area contributed by atoms with Crippen molar-refractivity contribution in [2.45, 2.75) is 20.3 Å². The topological polar surface area (TPSA) is 64.3 Å². The second-order valence-electron chi connectivity index (χ2n) is 4.75. The van der Waals surface area contributed by atoms with Crippen molar-refractivity contribution in [1.82, 2.24) is 5.32 Å². The van der Waals surface area contributed by atoms with E-state index in [-0.39, 0.29) is 5.91 Å². The fourth-order valence-electron chi connectivity index (χ4n) is 1.53. The molecule has 0 unspecified atom stereocenters. The van der Waals surface area contributed by atoms with Crippen LogP contribution < -0.4 is 11.1 Å². The molecular formula is C14H21ClN2O2. The van der Waals surface area contributed by atoms with Gasteiger partial charge in [-0.2, -0.15) is 0 Å². The van der Waals surface area contributed by atoms with Crippen molar-refractivity contribution >= 4 is 23.2 Å². The molecule has 5 heteroatoms. The summed E-state index contributed by atoms with van der Waals surface area (Å²) in [5.74, 6) is 0.355. The van der Waals surface area contributed by atoms with Gasteiger partial charge in [0.1, 0.15) is 0 Å². The first-order valence-electron chi connectivity index (χ1n) is 6.42. The van der Waals surface area contributed by atoms with Crippen molar-refractivity contribution in [2.24, 2.45) is 5.92 Å². The number of carbonyl (C=O) groups excluding carboxylic acids is 1. The average molecular weight is 285 g/mol. The molecule has 0 heterocycles. The number of nitrogen functional groups attached to an aromatic ring is 1. The molecule has 0 bridgehead atoms. The van der Waals surface area contributed by atoms with Crippen LogP contribution in [0.1, 0.15) is 30.6 Å². The number of nitrogens with one attached hydrogen (secondary N) is 1. The van der Waals surface area contributed by atoms with Crippen molar-refractivity contribution in [3.05, 3.63) is 28.8 Å². The molecule has 0 saturated heterocycles. The second-order valence-corrected chi connectivity index (χ2v) is 5.16. The summed E-state index contributed by atoms with van der Waals surface area (Å²) in [6, 6.07) is 5.01. The number of nitrogens with two attached hydrogens (primary N) is 1. The summed E-state index contributed by atoms with van der Waals surface area (Å²) in [5.41, 5.74) is 6.44. The number of hydrogen-bond donors (Lipinski definition) is 2. The van der Waals surface area contributed by atoms with E-state index in [0.717, 1.165) is 6.42 Å². The highest BCUT2D eigenvalue weighted by Gasteiger charge is 2.12. The number of amides is 1. The minimum atomic E-state index is -0.268. The van der Waals surface area contributed by atoms with E-state index in [1.807, 2.05) is 0 Å². The van der Waals surface area contributed by atoms with E-state index in [1.54, 1.807) is 18.2 Å². The van der Waals surface area contributed by atoms with Crippen LogP contribution in [0.15, 0.2) is 18.2 Å². The van der Waals surface area contributed by atoms with Crippen LogP contribution in [0.2, 0.25) is 5.02 Å². The van der Waals surface area contributed by atoms with Crippen LogP contribution in [0.25, 0.3) is 0 Å². The summed E-state index contributed by atoms with van der Waals surface area (Å²) in [7, 11) is 0. The van der Waals surface area contributed by atoms with Gasteiger partial charge in [-0.3, -0.25) is 4.79 Å². The zero-order chi connectivity index (χ0) is 14.3. The molecule has 106 valence electrons. The van der Waals surface area contributed by atoms with Crippen LogP contribution in [0.3, 0.4) is 0 Å². The lowest BCUT2D eigenvalue weighted by molar-refractivity contribution is 0.0907. The monoisotopic (exact) mass is 284 g/mol. The maximum absolute atomic E-state index is 11.9. The second kappa shape index (κ2) is 8.02. The third-order valence-electron chi connectivity index (χ3n) is 2.64. The highest BCUT2D eigenvalue weighted by Crippen LogP contribution is 2.21. The van der Waals surface area contributed by atoms with Gasteiger partial charge >= 0.3 is 0 Å². The van der Waals surface area contributed by atoms with E-state index in [0.29, 0.717) is 41.9 Å². The molecule has 19 heavy (non-hydrogen) atoms. The van der Waals surface area contributed by atoms with E-state index in [9.17, 15) is 4.79 Å². The molecule has 1 aromatic carbocycles. The third kappa shape index (κ3) is 5.49. The summed E-state index contributed by atoms with van der Waals surface area (Å²) < 4.78 is 5.41. The number of benzene rings is 1. The van der Waals surface area contributed by atoms with Gasteiger partial charge < -0.3 is 15.8 Å². The van der Waals surface area contributed by atoms with E-state index in [2.05, 4.69) is 19.2 Å². The number of ether oxygens (including phenoxy) is 1. The Morgan fingerprint density at radius 1 is 1.42 bits per heavy atom. The Labute approximate surface area is 119 Å². The summed E-state index contributed by atoms with van der Waals surface area (Å²) in [4.78, 5) is 11.9. The molecule has 4 nitrogen and oxygen atoms in total. The first-order valence-corrected chi connectivity index (χ1v) is 6.80. The highest BCUT2D eigenvalue weighted by molar-refractivity contribution is 6.34. The number of halogens is 1. The summed E-state index contributed by atoms with van der Waals surface area (Å²) in [6.07, 6.45) is 1.02. The molecule has 0 aliphatic carbocycles. The van der Waals surface area contributed by atoms with Gasteiger partial charge in [-0.05, 0) is 24.5 Å².